The van der Waals surface area contributed by atoms with Crippen molar-refractivity contribution in [1.29, 1.82) is 0 Å². The molecule has 2 saturated heterocycles. The van der Waals surface area contributed by atoms with Crippen LogP contribution in [-0.4, -0.2) is 53.3 Å². The summed E-state index contributed by atoms with van der Waals surface area (Å²) in [5.41, 5.74) is 1.24. The minimum absolute atomic E-state index is 0.0119. The van der Waals surface area contributed by atoms with Crippen molar-refractivity contribution < 1.29 is 9.47 Å². The van der Waals surface area contributed by atoms with Gasteiger partial charge in [-0.3, -0.25) is 4.90 Å². The summed E-state index contributed by atoms with van der Waals surface area (Å²) in [7, 11) is 1.74. The summed E-state index contributed by atoms with van der Waals surface area (Å²) in [6, 6.07) is 10.5. The van der Waals surface area contributed by atoms with Crippen molar-refractivity contribution in [2.75, 3.05) is 32.1 Å². The van der Waals surface area contributed by atoms with Gasteiger partial charge in [0, 0.05) is 50.2 Å². The number of hydrogen-bond acceptors (Lipinski definition) is 6. The molecular weight excluding hydrogens is 340 g/mol. The quantitative estimate of drug-likeness (QED) is 0.875. The lowest BCUT2D eigenvalue weighted by atomic mass is 9.82. The molecular formula is C21H28N4O2. The zero-order chi connectivity index (χ0) is 18.5. The minimum Gasteiger partial charge on any atom is -0.496 e. The second-order valence-corrected chi connectivity index (χ2v) is 7.53. The van der Waals surface area contributed by atoms with Crippen LogP contribution < -0.4 is 10.1 Å². The van der Waals surface area contributed by atoms with Crippen LogP contribution >= 0.6 is 0 Å². The molecule has 1 spiro atoms. The van der Waals surface area contributed by atoms with Crippen LogP contribution in [0.3, 0.4) is 0 Å². The number of para-hydroxylation sites is 1. The van der Waals surface area contributed by atoms with E-state index in [4.69, 9.17) is 9.47 Å². The van der Waals surface area contributed by atoms with Gasteiger partial charge in [-0.1, -0.05) is 18.2 Å². The molecule has 6 heteroatoms. The summed E-state index contributed by atoms with van der Waals surface area (Å²) >= 11 is 0. The van der Waals surface area contributed by atoms with Gasteiger partial charge < -0.3 is 14.8 Å². The normalized spacial score (nSPS) is 22.5. The molecule has 27 heavy (non-hydrogen) atoms. The van der Waals surface area contributed by atoms with E-state index >= 15 is 0 Å². The average molecular weight is 368 g/mol. The van der Waals surface area contributed by atoms with E-state index < -0.39 is 0 Å². The highest BCUT2D eigenvalue weighted by atomic mass is 16.5. The zero-order valence-electron chi connectivity index (χ0n) is 15.9. The number of rotatable bonds is 5. The molecule has 2 aromatic rings. The Balaban J connectivity index is 1.33. The molecule has 0 radical (unpaired) electrons. The highest BCUT2D eigenvalue weighted by Crippen LogP contribution is 2.36. The largest absolute Gasteiger partial charge is 0.496 e. The molecule has 0 saturated carbocycles. The molecule has 6 nitrogen and oxygen atoms in total. The first-order chi connectivity index (χ1) is 13.3. The number of hydrogen-bond donors (Lipinski definition) is 1. The third-order valence-corrected chi connectivity index (χ3v) is 5.75. The summed E-state index contributed by atoms with van der Waals surface area (Å²) in [6.45, 7) is 3.83. The van der Waals surface area contributed by atoms with Crippen molar-refractivity contribution in [2.24, 2.45) is 0 Å². The van der Waals surface area contributed by atoms with Gasteiger partial charge in [0.25, 0.3) is 0 Å². The number of nitrogens with one attached hydrogen (secondary N) is 1. The maximum Gasteiger partial charge on any atom is 0.222 e. The monoisotopic (exact) mass is 368 g/mol. The highest BCUT2D eigenvalue weighted by molar-refractivity contribution is 5.33. The molecule has 144 valence electrons. The van der Waals surface area contributed by atoms with E-state index in [1.165, 1.54) is 5.56 Å². The molecule has 0 aliphatic carbocycles. The van der Waals surface area contributed by atoms with Crippen molar-refractivity contribution in [1.82, 2.24) is 14.9 Å². The van der Waals surface area contributed by atoms with Gasteiger partial charge in [-0.15, -0.1) is 0 Å². The lowest BCUT2D eigenvalue weighted by Gasteiger charge is -2.46. The van der Waals surface area contributed by atoms with E-state index in [9.17, 15) is 0 Å². The lowest BCUT2D eigenvalue weighted by molar-refractivity contribution is -0.115. The fourth-order valence-electron chi connectivity index (χ4n) is 4.25. The van der Waals surface area contributed by atoms with E-state index in [2.05, 4.69) is 32.3 Å². The van der Waals surface area contributed by atoms with Crippen molar-refractivity contribution in [3.8, 4) is 5.75 Å². The molecule has 1 aromatic carbocycles. The van der Waals surface area contributed by atoms with Gasteiger partial charge in [0.1, 0.15) is 5.75 Å². The summed E-state index contributed by atoms with van der Waals surface area (Å²) in [5, 5.41) is 3.49. The second kappa shape index (κ2) is 8.23. The number of anilines is 1. The molecule has 2 aliphatic rings. The van der Waals surface area contributed by atoms with E-state index in [0.717, 1.165) is 57.7 Å². The van der Waals surface area contributed by atoms with E-state index in [1.54, 1.807) is 19.5 Å². The lowest BCUT2D eigenvalue weighted by Crippen LogP contribution is -2.51. The van der Waals surface area contributed by atoms with Crippen LogP contribution in [0.1, 0.15) is 31.2 Å². The molecule has 0 bridgehead atoms. The van der Waals surface area contributed by atoms with Crippen LogP contribution in [-0.2, 0) is 11.3 Å². The highest BCUT2D eigenvalue weighted by Gasteiger charge is 2.40. The van der Waals surface area contributed by atoms with Crippen LogP contribution in [0.4, 0.5) is 5.95 Å². The summed E-state index contributed by atoms with van der Waals surface area (Å²) < 4.78 is 11.8. The van der Waals surface area contributed by atoms with Gasteiger partial charge in [0.05, 0.1) is 12.7 Å². The number of piperidine rings is 1. The van der Waals surface area contributed by atoms with E-state index in [0.29, 0.717) is 12.0 Å². The summed E-state index contributed by atoms with van der Waals surface area (Å²) in [4.78, 5) is 11.1. The van der Waals surface area contributed by atoms with Gasteiger partial charge in [0.15, 0.2) is 0 Å². The Morgan fingerprint density at radius 3 is 2.74 bits per heavy atom. The maximum atomic E-state index is 6.29. The molecule has 2 aliphatic heterocycles. The number of likely N-dealkylation sites (tertiary alicyclic amines) is 1. The number of nitrogens with zero attached hydrogens (tertiary/aromatic N) is 3. The molecule has 0 amide bonds. The number of ether oxygens (including phenoxy) is 2. The Morgan fingerprint density at radius 2 is 1.96 bits per heavy atom. The van der Waals surface area contributed by atoms with Gasteiger partial charge in [-0.2, -0.15) is 0 Å². The SMILES string of the molecule is COc1ccccc1CN1CCC2(CC1)C[C@@H](Nc1ncccn1)CCO2. The molecule has 1 aromatic heterocycles. The minimum atomic E-state index is -0.0119. The molecule has 2 fully saturated rings. The average Bonchev–Trinajstić information content (AvgIpc) is 2.71. The van der Waals surface area contributed by atoms with Gasteiger partial charge >= 0.3 is 0 Å². The topological polar surface area (TPSA) is 59.5 Å². The van der Waals surface area contributed by atoms with Gasteiger partial charge in [0.2, 0.25) is 5.95 Å². The number of benzene rings is 1. The van der Waals surface area contributed by atoms with Crippen LogP contribution in [0.2, 0.25) is 0 Å². The predicted octanol–water partition coefficient (Wildman–Crippen LogP) is 3.11. The third kappa shape index (κ3) is 4.39. The molecule has 3 heterocycles. The van der Waals surface area contributed by atoms with Crippen LogP contribution in [0, 0.1) is 0 Å². The predicted molar refractivity (Wildman–Crippen MR) is 105 cm³/mol. The van der Waals surface area contributed by atoms with E-state index in [-0.39, 0.29) is 5.60 Å². The summed E-state index contributed by atoms with van der Waals surface area (Å²) in [5.74, 6) is 1.69. The molecule has 0 unspecified atom stereocenters. The van der Waals surface area contributed by atoms with Crippen LogP contribution in [0.5, 0.6) is 5.75 Å². The number of aromatic nitrogens is 2. The third-order valence-electron chi connectivity index (χ3n) is 5.75. The maximum absolute atomic E-state index is 6.29. The molecule has 4 rings (SSSR count). The first-order valence-corrected chi connectivity index (χ1v) is 9.78. The van der Waals surface area contributed by atoms with E-state index in [1.807, 2.05) is 18.2 Å². The van der Waals surface area contributed by atoms with Crippen LogP contribution in [0.25, 0.3) is 0 Å². The Kier molecular flexibility index (Phi) is 5.55. The van der Waals surface area contributed by atoms with Gasteiger partial charge in [-0.25, -0.2) is 9.97 Å². The Bertz CT molecular complexity index is 732. The fraction of sp³-hybridized carbons (Fsp3) is 0.524. The Labute approximate surface area is 160 Å². The van der Waals surface area contributed by atoms with Crippen molar-refractivity contribution in [3.63, 3.8) is 0 Å². The second-order valence-electron chi connectivity index (χ2n) is 7.53. The molecule has 1 atom stereocenters. The zero-order valence-corrected chi connectivity index (χ0v) is 15.9. The Hall–Kier alpha value is -2.18. The standard InChI is InChI=1S/C21H28N4O2/c1-26-19-6-3-2-5-17(19)16-25-12-8-21(9-13-25)15-18(7-14-27-21)24-20-22-10-4-11-23-20/h2-6,10-11,18H,7-9,12-16H2,1H3,(H,22,23,24)/t18-/m0/s1. The van der Waals surface area contributed by atoms with Crippen LogP contribution in [0.15, 0.2) is 42.7 Å². The Morgan fingerprint density at radius 1 is 1.19 bits per heavy atom. The first-order valence-electron chi connectivity index (χ1n) is 9.78. The summed E-state index contributed by atoms with van der Waals surface area (Å²) in [6.07, 6.45) is 7.71. The van der Waals surface area contributed by atoms with Crippen molar-refractivity contribution in [3.05, 3.63) is 48.3 Å². The van der Waals surface area contributed by atoms with Gasteiger partial charge in [-0.05, 0) is 37.8 Å². The first kappa shape index (κ1) is 18.2. The van der Waals surface area contributed by atoms with Crippen molar-refractivity contribution >= 4 is 5.95 Å². The number of methoxy groups -OCH3 is 1. The van der Waals surface area contributed by atoms with Crippen molar-refractivity contribution in [2.45, 2.75) is 43.9 Å². The fourth-order valence-corrected chi connectivity index (χ4v) is 4.25. The smallest absolute Gasteiger partial charge is 0.222 e. The molecule has 1 N–H and O–H groups in total.